The van der Waals surface area contributed by atoms with Gasteiger partial charge in [-0.25, -0.2) is 0 Å². The summed E-state index contributed by atoms with van der Waals surface area (Å²) in [6.07, 6.45) is 3.81. The first kappa shape index (κ1) is 11.6. The van der Waals surface area contributed by atoms with E-state index < -0.39 is 0 Å². The van der Waals surface area contributed by atoms with Crippen LogP contribution in [0, 0.1) is 6.08 Å². The fraction of sp³-hybridized carbons (Fsp3) is 0.385. The molecule has 1 rings (SSSR count). The maximum Gasteiger partial charge on any atom is 0.161 e. The van der Waals surface area contributed by atoms with Crippen LogP contribution in [0.25, 0.3) is 0 Å². The van der Waals surface area contributed by atoms with Crippen LogP contribution in [-0.2, 0) is 0 Å². The lowest BCUT2D eigenvalue weighted by atomic mass is 10.2. The molecule has 0 saturated heterocycles. The lowest BCUT2D eigenvalue weighted by Gasteiger charge is -2.11. The maximum absolute atomic E-state index is 5.57. The third kappa shape index (κ3) is 3.31. The minimum absolute atomic E-state index is 0.628. The predicted molar refractivity (Wildman–Crippen MR) is 61.4 cm³/mol. The molecule has 0 spiro atoms. The molecule has 1 aromatic carbocycles. The molecule has 1 aromatic rings. The number of rotatable bonds is 6. The van der Waals surface area contributed by atoms with Crippen LogP contribution in [0.15, 0.2) is 24.8 Å². The van der Waals surface area contributed by atoms with Crippen molar-refractivity contribution in [1.29, 1.82) is 0 Å². The van der Waals surface area contributed by atoms with E-state index in [1.807, 2.05) is 25.1 Å². The minimum Gasteiger partial charge on any atom is -0.490 e. The van der Waals surface area contributed by atoms with Crippen LogP contribution in [0.2, 0.25) is 0 Å². The average molecular weight is 205 g/mol. The van der Waals surface area contributed by atoms with Gasteiger partial charge >= 0.3 is 0 Å². The second-order valence-corrected chi connectivity index (χ2v) is 3.12. The Hall–Kier alpha value is -1.44. The van der Waals surface area contributed by atoms with Gasteiger partial charge in [-0.15, -0.1) is 0 Å². The highest BCUT2D eigenvalue weighted by Gasteiger charge is 2.04. The Morgan fingerprint density at radius 2 is 2.00 bits per heavy atom. The van der Waals surface area contributed by atoms with Crippen LogP contribution in [0.4, 0.5) is 0 Å². The van der Waals surface area contributed by atoms with Gasteiger partial charge in [0.15, 0.2) is 11.5 Å². The molecular formula is C13H17O2. The molecule has 0 unspecified atom stereocenters. The summed E-state index contributed by atoms with van der Waals surface area (Å²) in [6, 6.07) is 5.70. The van der Waals surface area contributed by atoms with Crippen LogP contribution in [-0.4, -0.2) is 13.2 Å². The third-order valence-electron chi connectivity index (χ3n) is 1.91. The summed E-state index contributed by atoms with van der Waals surface area (Å²) in [5, 5.41) is 0. The summed E-state index contributed by atoms with van der Waals surface area (Å²) in [7, 11) is 0. The first-order valence-electron chi connectivity index (χ1n) is 5.24. The van der Waals surface area contributed by atoms with E-state index in [0.717, 1.165) is 23.5 Å². The highest BCUT2D eigenvalue weighted by molar-refractivity contribution is 5.44. The monoisotopic (exact) mass is 205 g/mol. The molecule has 0 N–H and O–H groups in total. The Labute approximate surface area is 91.5 Å². The van der Waals surface area contributed by atoms with Gasteiger partial charge in [-0.1, -0.05) is 19.6 Å². The molecule has 0 saturated carbocycles. The molecule has 0 fully saturated rings. The summed E-state index contributed by atoms with van der Waals surface area (Å²) in [5.41, 5.74) is 0.919. The van der Waals surface area contributed by atoms with Crippen molar-refractivity contribution >= 4 is 0 Å². The SMILES string of the molecule is C=[C]c1ccc(OCCC)c(OCC)c1. The van der Waals surface area contributed by atoms with Crippen LogP contribution in [0.3, 0.4) is 0 Å². The largest absolute Gasteiger partial charge is 0.490 e. The van der Waals surface area contributed by atoms with E-state index in [4.69, 9.17) is 9.47 Å². The molecule has 0 aliphatic carbocycles. The zero-order chi connectivity index (χ0) is 11.1. The van der Waals surface area contributed by atoms with Crippen molar-refractivity contribution in [1.82, 2.24) is 0 Å². The predicted octanol–water partition coefficient (Wildman–Crippen LogP) is 3.21. The van der Waals surface area contributed by atoms with E-state index in [2.05, 4.69) is 19.6 Å². The van der Waals surface area contributed by atoms with Crippen molar-refractivity contribution in [3.63, 3.8) is 0 Å². The zero-order valence-corrected chi connectivity index (χ0v) is 9.38. The van der Waals surface area contributed by atoms with Crippen LogP contribution in [0.1, 0.15) is 25.8 Å². The Kier molecular flexibility index (Phi) is 4.75. The first-order chi connectivity index (χ1) is 7.31. The fourth-order valence-electron chi connectivity index (χ4n) is 1.22. The lowest BCUT2D eigenvalue weighted by molar-refractivity contribution is 0.277. The van der Waals surface area contributed by atoms with E-state index >= 15 is 0 Å². The third-order valence-corrected chi connectivity index (χ3v) is 1.91. The molecule has 0 atom stereocenters. The van der Waals surface area contributed by atoms with E-state index in [9.17, 15) is 0 Å². The van der Waals surface area contributed by atoms with Gasteiger partial charge < -0.3 is 9.47 Å². The average Bonchev–Trinajstić information content (AvgIpc) is 2.27. The summed E-state index contributed by atoms with van der Waals surface area (Å²) >= 11 is 0. The smallest absolute Gasteiger partial charge is 0.161 e. The molecule has 2 nitrogen and oxygen atoms in total. The second-order valence-electron chi connectivity index (χ2n) is 3.12. The number of hydrogen-bond acceptors (Lipinski definition) is 2. The minimum atomic E-state index is 0.628. The van der Waals surface area contributed by atoms with E-state index in [-0.39, 0.29) is 0 Å². The van der Waals surface area contributed by atoms with E-state index in [1.165, 1.54) is 0 Å². The van der Waals surface area contributed by atoms with E-state index in [0.29, 0.717) is 13.2 Å². The van der Waals surface area contributed by atoms with Crippen molar-refractivity contribution in [2.75, 3.05) is 13.2 Å². The van der Waals surface area contributed by atoms with Gasteiger partial charge in [0, 0.05) is 0 Å². The van der Waals surface area contributed by atoms with E-state index in [1.54, 1.807) is 0 Å². The summed E-state index contributed by atoms with van der Waals surface area (Å²) < 4.78 is 11.0. The number of ether oxygens (including phenoxy) is 2. The molecule has 2 heteroatoms. The first-order valence-corrected chi connectivity index (χ1v) is 5.24. The van der Waals surface area contributed by atoms with Crippen molar-refractivity contribution in [3.8, 4) is 11.5 Å². The van der Waals surface area contributed by atoms with Gasteiger partial charge in [0.2, 0.25) is 0 Å². The molecule has 1 radical (unpaired) electrons. The van der Waals surface area contributed by atoms with Crippen molar-refractivity contribution < 1.29 is 9.47 Å². The Balaban J connectivity index is 2.87. The Bertz CT molecular complexity index is 318. The molecule has 0 aliphatic heterocycles. The van der Waals surface area contributed by atoms with Crippen LogP contribution >= 0.6 is 0 Å². The Morgan fingerprint density at radius 1 is 1.20 bits per heavy atom. The van der Waals surface area contributed by atoms with Gasteiger partial charge in [-0.3, -0.25) is 0 Å². The molecule has 0 heterocycles. The normalized spacial score (nSPS) is 9.73. The quantitative estimate of drug-likeness (QED) is 0.710. The number of hydrogen-bond donors (Lipinski definition) is 0. The standard InChI is InChI=1S/C13H17O2/c1-4-9-15-12-8-7-11(5-2)10-13(12)14-6-3/h7-8,10H,2,4,6,9H2,1,3H3. The molecule has 81 valence electrons. The summed E-state index contributed by atoms with van der Waals surface area (Å²) in [6.45, 7) is 8.96. The van der Waals surface area contributed by atoms with Crippen LogP contribution < -0.4 is 9.47 Å². The molecule has 0 aliphatic rings. The van der Waals surface area contributed by atoms with Crippen LogP contribution in [0.5, 0.6) is 11.5 Å². The van der Waals surface area contributed by atoms with Gasteiger partial charge in [0.25, 0.3) is 0 Å². The van der Waals surface area contributed by atoms with Gasteiger partial charge in [0.05, 0.1) is 13.2 Å². The van der Waals surface area contributed by atoms with Crippen molar-refractivity contribution in [2.45, 2.75) is 20.3 Å². The summed E-state index contributed by atoms with van der Waals surface area (Å²) in [5.74, 6) is 1.55. The highest BCUT2D eigenvalue weighted by Crippen LogP contribution is 2.28. The molecule has 0 bridgehead atoms. The molecular weight excluding hydrogens is 188 g/mol. The second kappa shape index (κ2) is 6.12. The van der Waals surface area contributed by atoms with Gasteiger partial charge in [-0.05, 0) is 37.1 Å². The Morgan fingerprint density at radius 3 is 2.60 bits per heavy atom. The molecule has 0 aromatic heterocycles. The zero-order valence-electron chi connectivity index (χ0n) is 9.38. The van der Waals surface area contributed by atoms with Crippen molar-refractivity contribution in [2.24, 2.45) is 0 Å². The number of benzene rings is 1. The lowest BCUT2D eigenvalue weighted by Crippen LogP contribution is -2.00. The van der Waals surface area contributed by atoms with Gasteiger partial charge in [0.1, 0.15) is 0 Å². The highest BCUT2D eigenvalue weighted by atomic mass is 16.5. The van der Waals surface area contributed by atoms with Crippen molar-refractivity contribution in [3.05, 3.63) is 36.4 Å². The maximum atomic E-state index is 5.57. The molecule has 15 heavy (non-hydrogen) atoms. The summed E-state index contributed by atoms with van der Waals surface area (Å²) in [4.78, 5) is 0. The fourth-order valence-corrected chi connectivity index (χ4v) is 1.22. The van der Waals surface area contributed by atoms with Gasteiger partial charge in [-0.2, -0.15) is 0 Å². The topological polar surface area (TPSA) is 18.5 Å². The molecule has 0 amide bonds.